The van der Waals surface area contributed by atoms with Crippen molar-refractivity contribution in [3.05, 3.63) is 71.8 Å². The minimum Gasteiger partial charge on any atom is -0.380 e. The van der Waals surface area contributed by atoms with Gasteiger partial charge in [-0.1, -0.05) is 42.5 Å². The van der Waals surface area contributed by atoms with E-state index in [4.69, 9.17) is 10.5 Å². The van der Waals surface area contributed by atoms with Crippen LogP contribution in [0.4, 0.5) is 0 Å². The van der Waals surface area contributed by atoms with Gasteiger partial charge in [0.25, 0.3) is 5.91 Å². The third-order valence-electron chi connectivity index (χ3n) is 4.13. The largest absolute Gasteiger partial charge is 0.380 e. The Balaban J connectivity index is 1.86. The first kappa shape index (κ1) is 17.1. The smallest absolute Gasteiger partial charge is 0.251 e. The summed E-state index contributed by atoms with van der Waals surface area (Å²) in [5.41, 5.74) is 9.53. The number of carbonyl (C=O) groups is 1. The summed E-state index contributed by atoms with van der Waals surface area (Å²) in [6.45, 7) is 1.54. The third-order valence-corrected chi connectivity index (χ3v) is 4.13. The molecule has 3 aromatic rings. The first-order valence-electron chi connectivity index (χ1n) is 8.31. The quantitative estimate of drug-likeness (QED) is 0.727. The van der Waals surface area contributed by atoms with Gasteiger partial charge in [0.15, 0.2) is 0 Å². The molecule has 4 heteroatoms. The lowest BCUT2D eigenvalue weighted by Gasteiger charge is -2.08. The Kier molecular flexibility index (Phi) is 5.43. The van der Waals surface area contributed by atoms with E-state index in [1.165, 1.54) is 0 Å². The summed E-state index contributed by atoms with van der Waals surface area (Å²) in [5.74, 6) is -0.0924. The summed E-state index contributed by atoms with van der Waals surface area (Å²) in [4.78, 5) is 12.0. The van der Waals surface area contributed by atoms with Crippen LogP contribution in [0.1, 0.15) is 15.9 Å². The second-order valence-corrected chi connectivity index (χ2v) is 5.95. The molecule has 0 fully saturated rings. The molecule has 3 aromatic carbocycles. The summed E-state index contributed by atoms with van der Waals surface area (Å²) < 4.78 is 5.15. The molecule has 0 saturated carbocycles. The molecule has 0 aliphatic heterocycles. The van der Waals surface area contributed by atoms with Crippen molar-refractivity contribution >= 4 is 16.7 Å². The average molecular weight is 334 g/mol. The molecule has 0 aliphatic rings. The number of ether oxygens (including phenoxy) is 1. The number of nitrogens with one attached hydrogen (secondary N) is 1. The molecule has 0 radical (unpaired) electrons. The average Bonchev–Trinajstić information content (AvgIpc) is 2.66. The maximum Gasteiger partial charge on any atom is 0.251 e. The van der Waals surface area contributed by atoms with E-state index in [0.29, 0.717) is 25.3 Å². The second kappa shape index (κ2) is 7.92. The van der Waals surface area contributed by atoms with Crippen molar-refractivity contribution in [2.24, 2.45) is 5.73 Å². The van der Waals surface area contributed by atoms with E-state index >= 15 is 0 Å². The van der Waals surface area contributed by atoms with Gasteiger partial charge in [-0.2, -0.15) is 0 Å². The summed E-state index contributed by atoms with van der Waals surface area (Å²) in [7, 11) is 1.70. The molecule has 0 atom stereocenters. The Hall–Kier alpha value is -2.69. The fourth-order valence-electron chi connectivity index (χ4n) is 2.81. The van der Waals surface area contributed by atoms with Gasteiger partial charge in [0.1, 0.15) is 0 Å². The van der Waals surface area contributed by atoms with Crippen LogP contribution in [0.3, 0.4) is 0 Å². The zero-order valence-electron chi connectivity index (χ0n) is 14.3. The lowest BCUT2D eigenvalue weighted by molar-refractivity contribution is 0.0955. The number of nitrogens with two attached hydrogens (primary N) is 1. The molecular formula is C21H22N2O2. The Bertz CT molecular complexity index is 873. The van der Waals surface area contributed by atoms with Gasteiger partial charge in [0, 0.05) is 25.8 Å². The van der Waals surface area contributed by atoms with Crippen molar-refractivity contribution < 1.29 is 9.53 Å². The number of fused-ring (bicyclic) bond motifs is 1. The van der Waals surface area contributed by atoms with Crippen molar-refractivity contribution in [3.63, 3.8) is 0 Å². The van der Waals surface area contributed by atoms with Gasteiger partial charge in [0.05, 0.1) is 6.61 Å². The molecule has 0 aliphatic carbocycles. The highest BCUT2D eigenvalue weighted by Crippen LogP contribution is 2.25. The highest BCUT2D eigenvalue weighted by Gasteiger charge is 2.06. The minimum atomic E-state index is -0.0924. The molecule has 0 saturated heterocycles. The van der Waals surface area contributed by atoms with Gasteiger partial charge in [-0.15, -0.1) is 0 Å². The van der Waals surface area contributed by atoms with Crippen LogP contribution in [0.25, 0.3) is 21.9 Å². The topological polar surface area (TPSA) is 64.3 Å². The van der Waals surface area contributed by atoms with E-state index in [0.717, 1.165) is 27.5 Å². The molecule has 0 unspecified atom stereocenters. The highest BCUT2D eigenvalue weighted by atomic mass is 16.5. The number of hydrogen-bond acceptors (Lipinski definition) is 3. The molecule has 3 rings (SSSR count). The van der Waals surface area contributed by atoms with Gasteiger partial charge in [0.2, 0.25) is 0 Å². The van der Waals surface area contributed by atoms with E-state index in [2.05, 4.69) is 41.7 Å². The van der Waals surface area contributed by atoms with Crippen molar-refractivity contribution in [2.45, 2.75) is 6.61 Å². The van der Waals surface area contributed by atoms with Gasteiger partial charge in [-0.3, -0.25) is 4.79 Å². The monoisotopic (exact) mass is 334 g/mol. The molecule has 3 N–H and O–H groups in total. The molecule has 0 spiro atoms. The second-order valence-electron chi connectivity index (χ2n) is 5.95. The van der Waals surface area contributed by atoms with Crippen molar-refractivity contribution in [1.82, 2.24) is 5.32 Å². The van der Waals surface area contributed by atoms with Crippen LogP contribution in [-0.4, -0.2) is 26.1 Å². The Morgan fingerprint density at radius 3 is 2.36 bits per heavy atom. The molecule has 0 bridgehead atoms. The third kappa shape index (κ3) is 4.05. The van der Waals surface area contributed by atoms with Gasteiger partial charge >= 0.3 is 0 Å². The normalized spacial score (nSPS) is 10.8. The van der Waals surface area contributed by atoms with E-state index in [-0.39, 0.29) is 5.91 Å². The van der Waals surface area contributed by atoms with Gasteiger partial charge in [-0.05, 0) is 45.7 Å². The molecule has 128 valence electrons. The van der Waals surface area contributed by atoms with Crippen LogP contribution in [0.2, 0.25) is 0 Å². The number of methoxy groups -OCH3 is 1. The maximum atomic E-state index is 12.0. The van der Waals surface area contributed by atoms with Crippen LogP contribution < -0.4 is 11.1 Å². The van der Waals surface area contributed by atoms with Gasteiger partial charge in [-0.25, -0.2) is 0 Å². The van der Waals surface area contributed by atoms with Crippen LogP contribution in [-0.2, 0) is 11.3 Å². The fourth-order valence-corrected chi connectivity index (χ4v) is 2.81. The van der Waals surface area contributed by atoms with Crippen LogP contribution in [0, 0.1) is 0 Å². The molecule has 1 amide bonds. The summed E-state index contributed by atoms with van der Waals surface area (Å²) in [6, 6.07) is 20.4. The SMILES string of the molecule is COCc1ccc(-c2ccc3cc(C(=O)NCCN)ccc3c2)cc1. The predicted molar refractivity (Wildman–Crippen MR) is 101 cm³/mol. The number of benzene rings is 3. The first-order valence-corrected chi connectivity index (χ1v) is 8.31. The van der Waals surface area contributed by atoms with E-state index in [1.807, 2.05) is 24.3 Å². The Labute approximate surface area is 147 Å². The standard InChI is InChI=1S/C21H22N2O2/c1-25-14-15-2-4-16(5-3-15)17-6-7-19-13-20(9-8-18(19)12-17)21(24)23-11-10-22/h2-9,12-13H,10-11,14,22H2,1H3,(H,23,24). The van der Waals surface area contributed by atoms with Crippen LogP contribution in [0.15, 0.2) is 60.7 Å². The van der Waals surface area contributed by atoms with Crippen molar-refractivity contribution in [1.29, 1.82) is 0 Å². The summed E-state index contributed by atoms with van der Waals surface area (Å²) in [5, 5.41) is 4.94. The lowest BCUT2D eigenvalue weighted by atomic mass is 9.99. The number of rotatable bonds is 6. The van der Waals surface area contributed by atoms with Gasteiger partial charge < -0.3 is 15.8 Å². The van der Waals surface area contributed by atoms with Crippen molar-refractivity contribution in [3.8, 4) is 11.1 Å². The molecule has 0 heterocycles. The minimum absolute atomic E-state index is 0.0924. The van der Waals surface area contributed by atoms with E-state index in [9.17, 15) is 4.79 Å². The van der Waals surface area contributed by atoms with Crippen molar-refractivity contribution in [2.75, 3.05) is 20.2 Å². The highest BCUT2D eigenvalue weighted by molar-refractivity contribution is 5.99. The zero-order valence-corrected chi connectivity index (χ0v) is 14.3. The zero-order chi connectivity index (χ0) is 17.6. The predicted octanol–water partition coefficient (Wildman–Crippen LogP) is 3.34. The molecular weight excluding hydrogens is 312 g/mol. The van der Waals surface area contributed by atoms with E-state index < -0.39 is 0 Å². The number of carbonyl (C=O) groups excluding carboxylic acids is 1. The Morgan fingerprint density at radius 2 is 1.64 bits per heavy atom. The molecule has 0 aromatic heterocycles. The number of hydrogen-bond donors (Lipinski definition) is 2. The number of amides is 1. The first-order chi connectivity index (χ1) is 12.2. The van der Waals surface area contributed by atoms with E-state index in [1.54, 1.807) is 7.11 Å². The van der Waals surface area contributed by atoms with Crippen LogP contribution in [0.5, 0.6) is 0 Å². The maximum absolute atomic E-state index is 12.0. The Morgan fingerprint density at radius 1 is 0.960 bits per heavy atom. The van der Waals surface area contributed by atoms with Crippen LogP contribution >= 0.6 is 0 Å². The molecule has 4 nitrogen and oxygen atoms in total. The lowest BCUT2D eigenvalue weighted by Crippen LogP contribution is -2.28. The fraction of sp³-hybridized carbons (Fsp3) is 0.190. The molecule has 25 heavy (non-hydrogen) atoms. The summed E-state index contributed by atoms with van der Waals surface area (Å²) >= 11 is 0. The summed E-state index contributed by atoms with van der Waals surface area (Å²) in [6.07, 6.45) is 0.